The minimum Gasteiger partial charge on any atom is -0.497 e. The fourth-order valence-corrected chi connectivity index (χ4v) is 3.00. The molecule has 0 saturated carbocycles. The molecule has 0 spiro atoms. The Kier molecular flexibility index (Phi) is 6.41. The van der Waals surface area contributed by atoms with Gasteiger partial charge in [0.05, 0.1) is 30.8 Å². The van der Waals surface area contributed by atoms with Crippen LogP contribution in [-0.2, 0) is 19.1 Å². The molecule has 140 valence electrons. The summed E-state index contributed by atoms with van der Waals surface area (Å²) in [6, 6.07) is 7.01. The van der Waals surface area contributed by atoms with Crippen LogP contribution in [0.2, 0.25) is 0 Å². The first kappa shape index (κ1) is 19.5. The second kappa shape index (κ2) is 8.53. The molecule has 1 unspecified atom stereocenters. The van der Waals surface area contributed by atoms with Crippen LogP contribution in [0.3, 0.4) is 0 Å². The highest BCUT2D eigenvalue weighted by Crippen LogP contribution is 2.39. The lowest BCUT2D eigenvalue weighted by atomic mass is 9.80. The van der Waals surface area contributed by atoms with Gasteiger partial charge in [0.1, 0.15) is 12.4 Å². The Bertz CT molecular complexity index is 765. The van der Waals surface area contributed by atoms with Crippen molar-refractivity contribution in [3.8, 4) is 5.75 Å². The maximum absolute atomic E-state index is 12.7. The van der Waals surface area contributed by atoms with Gasteiger partial charge in [-0.1, -0.05) is 12.1 Å². The summed E-state index contributed by atoms with van der Waals surface area (Å²) >= 11 is 0. The summed E-state index contributed by atoms with van der Waals surface area (Å²) in [7, 11) is 3.04. The first-order chi connectivity index (χ1) is 12.4. The molecule has 7 nitrogen and oxygen atoms in total. The van der Waals surface area contributed by atoms with E-state index in [0.717, 1.165) is 0 Å². The number of methoxy groups -OCH3 is 2. The zero-order valence-corrected chi connectivity index (χ0v) is 15.3. The van der Waals surface area contributed by atoms with E-state index < -0.39 is 17.9 Å². The highest BCUT2D eigenvalue weighted by molar-refractivity contribution is 5.99. The number of benzene rings is 1. The largest absolute Gasteiger partial charge is 0.497 e. The molecular formula is C19H23NO6. The van der Waals surface area contributed by atoms with E-state index in [9.17, 15) is 14.7 Å². The van der Waals surface area contributed by atoms with Crippen molar-refractivity contribution in [2.45, 2.75) is 19.8 Å². The van der Waals surface area contributed by atoms with Gasteiger partial charge in [0.25, 0.3) is 0 Å². The maximum atomic E-state index is 12.7. The van der Waals surface area contributed by atoms with Crippen molar-refractivity contribution < 1.29 is 28.9 Å². The normalized spacial score (nSPS) is 17.0. The van der Waals surface area contributed by atoms with Crippen LogP contribution in [0.5, 0.6) is 5.75 Å². The molecule has 0 bridgehead atoms. The van der Waals surface area contributed by atoms with E-state index in [1.165, 1.54) is 14.2 Å². The number of carboxylic acid groups (broad SMARTS) is 1. The van der Waals surface area contributed by atoms with E-state index in [2.05, 4.69) is 5.32 Å². The smallest absolute Gasteiger partial charge is 0.336 e. The quantitative estimate of drug-likeness (QED) is 0.568. The molecule has 1 aromatic carbocycles. The second-order valence-electron chi connectivity index (χ2n) is 5.85. The van der Waals surface area contributed by atoms with E-state index in [0.29, 0.717) is 22.7 Å². The van der Waals surface area contributed by atoms with Crippen molar-refractivity contribution in [2.75, 3.05) is 27.4 Å². The van der Waals surface area contributed by atoms with Gasteiger partial charge in [0.15, 0.2) is 0 Å². The number of rotatable bonds is 7. The topological polar surface area (TPSA) is 94.1 Å². The number of carboxylic acids is 1. The van der Waals surface area contributed by atoms with Gasteiger partial charge in [-0.25, -0.2) is 9.59 Å². The molecule has 0 amide bonds. The average Bonchev–Trinajstić information content (AvgIpc) is 2.60. The minimum atomic E-state index is -1.10. The Balaban J connectivity index is 2.53. The third-order valence-electron chi connectivity index (χ3n) is 4.16. The van der Waals surface area contributed by atoms with Crippen molar-refractivity contribution in [1.29, 1.82) is 0 Å². The van der Waals surface area contributed by atoms with E-state index >= 15 is 0 Å². The van der Waals surface area contributed by atoms with Crippen molar-refractivity contribution in [2.24, 2.45) is 0 Å². The molecule has 0 radical (unpaired) electrons. The van der Waals surface area contributed by atoms with Gasteiger partial charge in [0, 0.05) is 18.5 Å². The fraction of sp³-hybridized carbons (Fsp3) is 0.368. The van der Waals surface area contributed by atoms with Crippen LogP contribution in [0.25, 0.3) is 0 Å². The van der Waals surface area contributed by atoms with Crippen LogP contribution in [0, 0.1) is 0 Å². The lowest BCUT2D eigenvalue weighted by Crippen LogP contribution is -2.32. The van der Waals surface area contributed by atoms with Crippen LogP contribution in [-0.4, -0.2) is 44.5 Å². The molecule has 26 heavy (non-hydrogen) atoms. The lowest BCUT2D eigenvalue weighted by Gasteiger charge is -2.29. The van der Waals surface area contributed by atoms with E-state index in [1.807, 2.05) is 0 Å². The Hall–Kier alpha value is -2.80. The summed E-state index contributed by atoms with van der Waals surface area (Å²) in [6.07, 6.45) is 0. The summed E-state index contributed by atoms with van der Waals surface area (Å²) in [5.41, 5.74) is 2.04. The van der Waals surface area contributed by atoms with Gasteiger partial charge in [-0.15, -0.1) is 0 Å². The van der Waals surface area contributed by atoms with E-state index in [1.54, 1.807) is 38.1 Å². The SMILES string of the molecule is COCCOC(=O)C1=C(C)NC(C)=C(C(=O)O)C1c1cccc(OC)c1. The van der Waals surface area contributed by atoms with Crippen molar-refractivity contribution >= 4 is 11.9 Å². The highest BCUT2D eigenvalue weighted by Gasteiger charge is 2.37. The Morgan fingerprint density at radius 3 is 2.42 bits per heavy atom. The first-order valence-corrected chi connectivity index (χ1v) is 8.12. The van der Waals surface area contributed by atoms with Crippen LogP contribution >= 0.6 is 0 Å². The summed E-state index contributed by atoms with van der Waals surface area (Å²) in [5, 5.41) is 12.7. The van der Waals surface area contributed by atoms with Crippen molar-refractivity contribution in [1.82, 2.24) is 5.32 Å². The van der Waals surface area contributed by atoms with Gasteiger partial charge < -0.3 is 24.6 Å². The molecule has 1 aliphatic heterocycles. The maximum Gasteiger partial charge on any atom is 0.336 e. The number of esters is 1. The number of ether oxygens (including phenoxy) is 3. The zero-order valence-electron chi connectivity index (χ0n) is 15.3. The standard InChI is InChI=1S/C19H23NO6/c1-11-15(18(21)22)17(13-6-5-7-14(10-13)25-4)16(12(2)20-11)19(23)26-9-8-24-3/h5-7,10,17,20H,8-9H2,1-4H3,(H,21,22). The minimum absolute atomic E-state index is 0.0854. The van der Waals surface area contributed by atoms with Crippen LogP contribution < -0.4 is 10.1 Å². The third kappa shape index (κ3) is 4.05. The van der Waals surface area contributed by atoms with Crippen molar-refractivity contribution in [3.63, 3.8) is 0 Å². The van der Waals surface area contributed by atoms with Gasteiger partial charge in [-0.2, -0.15) is 0 Å². The van der Waals surface area contributed by atoms with Crippen LogP contribution in [0.1, 0.15) is 25.3 Å². The molecule has 1 heterocycles. The monoisotopic (exact) mass is 361 g/mol. The number of dihydropyridines is 1. The predicted octanol–water partition coefficient (Wildman–Crippen LogP) is 2.20. The number of hydrogen-bond donors (Lipinski definition) is 2. The predicted molar refractivity (Wildman–Crippen MR) is 94.7 cm³/mol. The van der Waals surface area contributed by atoms with Crippen LogP contribution in [0.4, 0.5) is 0 Å². The van der Waals surface area contributed by atoms with E-state index in [-0.39, 0.29) is 24.4 Å². The van der Waals surface area contributed by atoms with Gasteiger partial charge in [-0.3, -0.25) is 0 Å². The Morgan fingerprint density at radius 2 is 1.81 bits per heavy atom. The summed E-state index contributed by atoms with van der Waals surface area (Å²) in [4.78, 5) is 24.6. The molecule has 2 rings (SSSR count). The third-order valence-corrected chi connectivity index (χ3v) is 4.16. The number of aliphatic carboxylic acids is 1. The molecular weight excluding hydrogens is 338 g/mol. The highest BCUT2D eigenvalue weighted by atomic mass is 16.6. The van der Waals surface area contributed by atoms with Gasteiger partial charge >= 0.3 is 11.9 Å². The van der Waals surface area contributed by atoms with E-state index in [4.69, 9.17) is 14.2 Å². The molecule has 1 aromatic rings. The fourth-order valence-electron chi connectivity index (χ4n) is 3.00. The molecule has 2 N–H and O–H groups in total. The lowest BCUT2D eigenvalue weighted by molar-refractivity contribution is -0.140. The molecule has 0 saturated heterocycles. The number of carbonyl (C=O) groups excluding carboxylic acids is 1. The Morgan fingerprint density at radius 1 is 1.12 bits per heavy atom. The summed E-state index contributed by atoms with van der Waals surface area (Å²) in [6.45, 7) is 3.74. The van der Waals surface area contributed by atoms with Crippen LogP contribution in [0.15, 0.2) is 46.8 Å². The van der Waals surface area contributed by atoms with Gasteiger partial charge in [-0.05, 0) is 31.5 Å². The Labute approximate surface area is 152 Å². The molecule has 7 heteroatoms. The zero-order chi connectivity index (χ0) is 19.3. The average molecular weight is 361 g/mol. The molecule has 1 atom stereocenters. The van der Waals surface area contributed by atoms with Crippen molar-refractivity contribution in [3.05, 3.63) is 52.4 Å². The summed E-state index contributed by atoms with van der Waals surface area (Å²) < 4.78 is 15.4. The molecule has 1 aliphatic rings. The first-order valence-electron chi connectivity index (χ1n) is 8.12. The number of allylic oxidation sites excluding steroid dienone is 2. The number of nitrogens with one attached hydrogen (secondary N) is 1. The molecule has 0 aromatic heterocycles. The van der Waals surface area contributed by atoms with Gasteiger partial charge in [0.2, 0.25) is 0 Å². The second-order valence-corrected chi connectivity index (χ2v) is 5.85. The summed E-state index contributed by atoms with van der Waals surface area (Å²) in [5.74, 6) is -1.87. The molecule has 0 aliphatic carbocycles. The molecule has 0 fully saturated rings. The number of carbonyl (C=O) groups is 2. The number of hydrogen-bond acceptors (Lipinski definition) is 6.